The van der Waals surface area contributed by atoms with Crippen molar-refractivity contribution in [3.63, 3.8) is 0 Å². The van der Waals surface area contributed by atoms with Crippen molar-refractivity contribution in [1.82, 2.24) is 9.97 Å². The Balaban J connectivity index is 2.15. The number of halogens is 2. The number of benzene rings is 1. The minimum absolute atomic E-state index is 0.237. The van der Waals surface area contributed by atoms with Gasteiger partial charge in [-0.05, 0) is 55.6 Å². The van der Waals surface area contributed by atoms with Crippen LogP contribution in [-0.4, -0.2) is 16.5 Å². The van der Waals surface area contributed by atoms with Crippen LogP contribution in [-0.2, 0) is 6.42 Å². The fraction of sp³-hybridized carbons (Fsp3) is 0.235. The predicted octanol–water partition coefficient (Wildman–Crippen LogP) is 4.30. The molecule has 114 valence electrons. The molecular weight excluding hydrogens is 301 g/mol. The number of nitrogens with zero attached hydrogens (tertiary/aromatic N) is 1. The number of H-pyrrole nitrogens is 1. The molecule has 0 aliphatic rings. The van der Waals surface area contributed by atoms with Crippen LogP contribution in [0.15, 0.2) is 36.7 Å². The molecule has 3 N–H and O–H groups in total. The van der Waals surface area contributed by atoms with Gasteiger partial charge in [-0.3, -0.25) is 4.98 Å². The molecule has 0 spiro atoms. The molecule has 3 nitrogen and oxygen atoms in total. The molecule has 0 aliphatic carbocycles. The van der Waals surface area contributed by atoms with Crippen molar-refractivity contribution in [2.75, 3.05) is 6.54 Å². The number of aromatic nitrogens is 2. The number of pyridine rings is 1. The van der Waals surface area contributed by atoms with Gasteiger partial charge in [-0.2, -0.15) is 0 Å². The van der Waals surface area contributed by atoms with Crippen LogP contribution in [0.1, 0.15) is 18.4 Å². The summed E-state index contributed by atoms with van der Waals surface area (Å²) in [4.78, 5) is 7.39. The lowest BCUT2D eigenvalue weighted by Crippen LogP contribution is -1.99. The van der Waals surface area contributed by atoms with Crippen molar-refractivity contribution in [1.29, 1.82) is 0 Å². The summed E-state index contributed by atoms with van der Waals surface area (Å²) in [6, 6.07) is 6.66. The van der Waals surface area contributed by atoms with E-state index >= 15 is 0 Å². The van der Waals surface area contributed by atoms with Gasteiger partial charge in [0, 0.05) is 28.9 Å². The Hall–Kier alpha value is -1.91. The van der Waals surface area contributed by atoms with Crippen LogP contribution in [0.25, 0.3) is 22.2 Å². The van der Waals surface area contributed by atoms with E-state index in [0.717, 1.165) is 47.0 Å². The zero-order chi connectivity index (χ0) is 15.5. The molecule has 3 rings (SSSR count). The van der Waals surface area contributed by atoms with E-state index in [0.29, 0.717) is 11.6 Å². The Morgan fingerprint density at radius 1 is 1.23 bits per heavy atom. The van der Waals surface area contributed by atoms with Crippen LogP contribution in [0.5, 0.6) is 0 Å². The summed E-state index contributed by atoms with van der Waals surface area (Å²) in [6.07, 6.45) is 6.04. The fourth-order valence-electron chi connectivity index (χ4n) is 2.73. The summed E-state index contributed by atoms with van der Waals surface area (Å²) in [5.41, 5.74) is 9.39. The van der Waals surface area contributed by atoms with E-state index in [-0.39, 0.29) is 5.82 Å². The zero-order valence-corrected chi connectivity index (χ0v) is 12.8. The van der Waals surface area contributed by atoms with Gasteiger partial charge in [0.25, 0.3) is 0 Å². The summed E-state index contributed by atoms with van der Waals surface area (Å²) >= 11 is 6.27. The van der Waals surface area contributed by atoms with Gasteiger partial charge in [0.05, 0.1) is 10.7 Å². The van der Waals surface area contributed by atoms with Gasteiger partial charge in [0.2, 0.25) is 0 Å². The van der Waals surface area contributed by atoms with Crippen LogP contribution in [0.3, 0.4) is 0 Å². The van der Waals surface area contributed by atoms with Gasteiger partial charge in [0.1, 0.15) is 5.82 Å². The summed E-state index contributed by atoms with van der Waals surface area (Å²) in [7, 11) is 0. The molecule has 0 saturated carbocycles. The normalized spacial score (nSPS) is 11.2. The third-order valence-electron chi connectivity index (χ3n) is 3.79. The molecule has 5 heteroatoms. The first-order chi connectivity index (χ1) is 10.7. The maximum Gasteiger partial charge on any atom is 0.123 e. The minimum atomic E-state index is -0.237. The Labute approximate surface area is 133 Å². The highest BCUT2D eigenvalue weighted by Gasteiger charge is 2.15. The molecule has 0 fully saturated rings. The molecule has 0 atom stereocenters. The number of unbranched alkanes of at least 4 members (excludes halogenated alkanes) is 1. The third kappa shape index (κ3) is 2.85. The highest BCUT2D eigenvalue weighted by atomic mass is 35.5. The van der Waals surface area contributed by atoms with Crippen LogP contribution >= 0.6 is 11.6 Å². The number of fused-ring (bicyclic) bond motifs is 1. The van der Waals surface area contributed by atoms with Crippen molar-refractivity contribution < 1.29 is 4.39 Å². The molecule has 0 aliphatic heterocycles. The lowest BCUT2D eigenvalue weighted by molar-refractivity contribution is 0.629. The van der Waals surface area contributed by atoms with E-state index in [4.69, 9.17) is 17.3 Å². The zero-order valence-electron chi connectivity index (χ0n) is 12.1. The number of nitrogens with one attached hydrogen (secondary N) is 1. The average Bonchev–Trinajstić information content (AvgIpc) is 2.86. The Kier molecular flexibility index (Phi) is 4.41. The van der Waals surface area contributed by atoms with Crippen LogP contribution in [0, 0.1) is 5.82 Å². The Morgan fingerprint density at radius 2 is 2.09 bits per heavy atom. The summed E-state index contributed by atoms with van der Waals surface area (Å²) < 4.78 is 13.6. The summed E-state index contributed by atoms with van der Waals surface area (Å²) in [6.45, 7) is 0.655. The maximum absolute atomic E-state index is 13.6. The quantitative estimate of drug-likeness (QED) is 0.689. The van der Waals surface area contributed by atoms with Crippen molar-refractivity contribution >= 4 is 22.5 Å². The van der Waals surface area contributed by atoms with Gasteiger partial charge >= 0.3 is 0 Å². The van der Waals surface area contributed by atoms with Crippen molar-refractivity contribution in [3.8, 4) is 11.3 Å². The van der Waals surface area contributed by atoms with Gasteiger partial charge < -0.3 is 10.7 Å². The number of hydrogen-bond donors (Lipinski definition) is 2. The van der Waals surface area contributed by atoms with Crippen LogP contribution in [0.2, 0.25) is 5.02 Å². The molecule has 22 heavy (non-hydrogen) atoms. The average molecular weight is 318 g/mol. The second-order valence-corrected chi connectivity index (χ2v) is 5.68. The van der Waals surface area contributed by atoms with Gasteiger partial charge in [0.15, 0.2) is 0 Å². The van der Waals surface area contributed by atoms with Crippen LogP contribution in [0.4, 0.5) is 4.39 Å². The van der Waals surface area contributed by atoms with E-state index in [9.17, 15) is 4.39 Å². The molecule has 2 aromatic heterocycles. The molecule has 3 aromatic rings. The SMILES string of the molecule is NCCCCc1c(-c2ccncc2Cl)[nH]c2ccc(F)cc12. The van der Waals surface area contributed by atoms with Crippen LogP contribution < -0.4 is 5.73 Å². The lowest BCUT2D eigenvalue weighted by Gasteiger charge is -2.06. The molecule has 0 unspecified atom stereocenters. The number of nitrogens with two attached hydrogens (primary N) is 1. The number of rotatable bonds is 5. The lowest BCUT2D eigenvalue weighted by atomic mass is 10.0. The molecule has 0 amide bonds. The second kappa shape index (κ2) is 6.46. The standard InChI is InChI=1S/C17H17ClFN3/c18-15-10-21-8-6-13(15)17-12(3-1-2-7-20)14-9-11(19)4-5-16(14)22-17/h4-6,8-10,22H,1-3,7,20H2. The highest BCUT2D eigenvalue weighted by Crippen LogP contribution is 2.35. The summed E-state index contributed by atoms with van der Waals surface area (Å²) in [5, 5.41) is 1.48. The maximum atomic E-state index is 13.6. The van der Waals surface area contributed by atoms with E-state index in [2.05, 4.69) is 9.97 Å². The topological polar surface area (TPSA) is 54.7 Å². The smallest absolute Gasteiger partial charge is 0.123 e. The largest absolute Gasteiger partial charge is 0.354 e. The second-order valence-electron chi connectivity index (χ2n) is 5.27. The van der Waals surface area contributed by atoms with Gasteiger partial charge in [-0.15, -0.1) is 0 Å². The number of hydrogen-bond acceptors (Lipinski definition) is 2. The van der Waals surface area contributed by atoms with Gasteiger partial charge in [-0.25, -0.2) is 4.39 Å². The molecule has 0 saturated heterocycles. The first-order valence-corrected chi connectivity index (χ1v) is 7.68. The van der Waals surface area contributed by atoms with Gasteiger partial charge in [-0.1, -0.05) is 11.6 Å². The van der Waals surface area contributed by atoms with Crippen molar-refractivity contribution in [2.24, 2.45) is 5.73 Å². The van der Waals surface area contributed by atoms with E-state index in [1.54, 1.807) is 24.5 Å². The molecule has 0 bridgehead atoms. The molecule has 0 radical (unpaired) electrons. The van der Waals surface area contributed by atoms with Crippen molar-refractivity contribution in [3.05, 3.63) is 53.1 Å². The Bertz CT molecular complexity index is 798. The number of aryl methyl sites for hydroxylation is 1. The predicted molar refractivity (Wildman–Crippen MR) is 88.5 cm³/mol. The fourth-order valence-corrected chi connectivity index (χ4v) is 2.95. The summed E-state index contributed by atoms with van der Waals surface area (Å²) in [5.74, 6) is -0.237. The Morgan fingerprint density at radius 3 is 2.86 bits per heavy atom. The third-order valence-corrected chi connectivity index (χ3v) is 4.09. The molecule has 2 heterocycles. The minimum Gasteiger partial charge on any atom is -0.354 e. The molecule has 1 aromatic carbocycles. The van der Waals surface area contributed by atoms with E-state index < -0.39 is 0 Å². The van der Waals surface area contributed by atoms with E-state index in [1.165, 1.54) is 6.07 Å². The first-order valence-electron chi connectivity index (χ1n) is 7.30. The van der Waals surface area contributed by atoms with Crippen molar-refractivity contribution in [2.45, 2.75) is 19.3 Å². The monoisotopic (exact) mass is 317 g/mol. The van der Waals surface area contributed by atoms with E-state index in [1.807, 2.05) is 6.07 Å². The highest BCUT2D eigenvalue weighted by molar-refractivity contribution is 6.33. The number of aromatic amines is 1. The first kappa shape index (κ1) is 15.0. The molecular formula is C17H17ClFN3.